The number of fused-ring (bicyclic) bond motifs is 1. The van der Waals surface area contributed by atoms with Crippen molar-refractivity contribution in [2.45, 2.75) is 32.7 Å². The van der Waals surface area contributed by atoms with Crippen molar-refractivity contribution >= 4 is 0 Å². The van der Waals surface area contributed by atoms with E-state index in [1.165, 1.54) is 5.56 Å². The largest absolute Gasteiger partial charge is 0.508 e. The molecular formula is C17H27NO3. The molecule has 0 saturated heterocycles. The Morgan fingerprint density at radius 2 is 1.81 bits per heavy atom. The number of phenols is 1. The van der Waals surface area contributed by atoms with Gasteiger partial charge in [0.05, 0.1) is 13.2 Å². The van der Waals surface area contributed by atoms with E-state index in [0.29, 0.717) is 11.8 Å². The maximum absolute atomic E-state index is 9.99. The summed E-state index contributed by atoms with van der Waals surface area (Å²) in [6.45, 7) is 8.84. The van der Waals surface area contributed by atoms with E-state index in [0.717, 1.165) is 57.9 Å². The van der Waals surface area contributed by atoms with Crippen LogP contribution in [-0.4, -0.2) is 49.5 Å². The monoisotopic (exact) mass is 293 g/mol. The summed E-state index contributed by atoms with van der Waals surface area (Å²) in [5, 5.41) is 9.99. The molecule has 1 aromatic rings. The van der Waals surface area contributed by atoms with E-state index in [2.05, 4.69) is 11.0 Å². The van der Waals surface area contributed by atoms with Crippen molar-refractivity contribution < 1.29 is 14.6 Å². The normalized spacial score (nSPS) is 17.4. The third-order valence-corrected chi connectivity index (χ3v) is 4.11. The van der Waals surface area contributed by atoms with E-state index in [9.17, 15) is 5.11 Å². The Balaban J connectivity index is 2.05. The lowest BCUT2D eigenvalue weighted by molar-refractivity contribution is 0.0626. The number of hydrogen-bond donors (Lipinski definition) is 1. The maximum atomic E-state index is 9.99. The lowest BCUT2D eigenvalue weighted by Gasteiger charge is -2.29. The van der Waals surface area contributed by atoms with Gasteiger partial charge in [0, 0.05) is 32.3 Å². The molecule has 1 aliphatic rings. The summed E-state index contributed by atoms with van der Waals surface area (Å²) >= 11 is 0. The Labute approximate surface area is 127 Å². The van der Waals surface area contributed by atoms with Crippen LogP contribution in [0.2, 0.25) is 0 Å². The number of nitrogens with zero attached hydrogens (tertiary/aromatic N) is 1. The fourth-order valence-electron chi connectivity index (χ4n) is 3.07. The van der Waals surface area contributed by atoms with Gasteiger partial charge in [0.15, 0.2) is 0 Å². The van der Waals surface area contributed by atoms with Gasteiger partial charge in [0.1, 0.15) is 5.75 Å². The molecule has 0 spiro atoms. The highest BCUT2D eigenvalue weighted by Gasteiger charge is 2.29. The lowest BCUT2D eigenvalue weighted by atomic mass is 10.1. The highest BCUT2D eigenvalue weighted by molar-refractivity contribution is 5.44. The van der Waals surface area contributed by atoms with Crippen molar-refractivity contribution in [2.24, 2.45) is 0 Å². The smallest absolute Gasteiger partial charge is 0.119 e. The molecule has 0 bridgehead atoms. The van der Waals surface area contributed by atoms with E-state index < -0.39 is 0 Å². The van der Waals surface area contributed by atoms with Crippen LogP contribution in [0, 0.1) is 0 Å². The SMILES string of the molecule is CCOCCN(CCOCC)C1CCc2c(O)cccc21. The fraction of sp³-hybridized carbons (Fsp3) is 0.647. The van der Waals surface area contributed by atoms with E-state index in [1.54, 1.807) is 6.07 Å². The first kappa shape index (κ1) is 16.3. The minimum Gasteiger partial charge on any atom is -0.508 e. The quantitative estimate of drug-likeness (QED) is 0.711. The van der Waals surface area contributed by atoms with E-state index in [4.69, 9.17) is 9.47 Å². The van der Waals surface area contributed by atoms with Crippen molar-refractivity contribution in [3.63, 3.8) is 0 Å². The minimum absolute atomic E-state index is 0.369. The molecule has 1 aliphatic carbocycles. The summed E-state index contributed by atoms with van der Waals surface area (Å²) in [7, 11) is 0. The van der Waals surface area contributed by atoms with Gasteiger partial charge < -0.3 is 14.6 Å². The number of benzene rings is 1. The first-order valence-corrected chi connectivity index (χ1v) is 7.98. The number of phenolic OH excluding ortho intramolecular Hbond substituents is 1. The van der Waals surface area contributed by atoms with Crippen LogP contribution in [0.5, 0.6) is 5.75 Å². The first-order valence-electron chi connectivity index (χ1n) is 7.98. The summed E-state index contributed by atoms with van der Waals surface area (Å²) in [6.07, 6.45) is 2.01. The molecule has 0 amide bonds. The summed E-state index contributed by atoms with van der Waals surface area (Å²) in [6, 6.07) is 6.23. The Morgan fingerprint density at radius 1 is 1.14 bits per heavy atom. The van der Waals surface area contributed by atoms with Gasteiger partial charge in [0.2, 0.25) is 0 Å². The van der Waals surface area contributed by atoms with Gasteiger partial charge in [-0.15, -0.1) is 0 Å². The third kappa shape index (κ3) is 4.19. The molecule has 4 nitrogen and oxygen atoms in total. The third-order valence-electron chi connectivity index (χ3n) is 4.11. The average molecular weight is 293 g/mol. The van der Waals surface area contributed by atoms with Crippen molar-refractivity contribution in [2.75, 3.05) is 39.5 Å². The summed E-state index contributed by atoms with van der Waals surface area (Å²) in [5.74, 6) is 0.435. The molecule has 1 aromatic carbocycles. The molecule has 0 heterocycles. The van der Waals surface area contributed by atoms with Crippen LogP contribution in [0.4, 0.5) is 0 Å². The van der Waals surface area contributed by atoms with Crippen molar-refractivity contribution in [1.29, 1.82) is 0 Å². The van der Waals surface area contributed by atoms with Crippen LogP contribution in [0.25, 0.3) is 0 Å². The summed E-state index contributed by atoms with van der Waals surface area (Å²) in [5.41, 5.74) is 2.38. The van der Waals surface area contributed by atoms with Gasteiger partial charge in [-0.3, -0.25) is 4.90 Å². The van der Waals surface area contributed by atoms with Crippen LogP contribution < -0.4 is 0 Å². The Hall–Kier alpha value is -1.10. The van der Waals surface area contributed by atoms with E-state index >= 15 is 0 Å². The van der Waals surface area contributed by atoms with Gasteiger partial charge in [-0.05, 0) is 43.9 Å². The second-order valence-corrected chi connectivity index (χ2v) is 5.33. The van der Waals surface area contributed by atoms with Crippen LogP contribution in [0.1, 0.15) is 37.4 Å². The summed E-state index contributed by atoms with van der Waals surface area (Å²) in [4.78, 5) is 2.43. The molecule has 0 aliphatic heterocycles. The van der Waals surface area contributed by atoms with Gasteiger partial charge in [-0.1, -0.05) is 12.1 Å². The molecular weight excluding hydrogens is 266 g/mol. The molecule has 1 unspecified atom stereocenters. The first-order chi connectivity index (χ1) is 10.3. The maximum Gasteiger partial charge on any atom is 0.119 e. The highest BCUT2D eigenvalue weighted by Crippen LogP contribution is 2.39. The molecule has 4 heteroatoms. The molecule has 0 saturated carbocycles. The lowest BCUT2D eigenvalue weighted by Crippen LogP contribution is -2.34. The van der Waals surface area contributed by atoms with Crippen LogP contribution in [0.3, 0.4) is 0 Å². The van der Waals surface area contributed by atoms with Gasteiger partial charge in [-0.25, -0.2) is 0 Å². The number of rotatable bonds is 9. The zero-order valence-corrected chi connectivity index (χ0v) is 13.2. The topological polar surface area (TPSA) is 41.9 Å². The van der Waals surface area contributed by atoms with Crippen molar-refractivity contribution in [3.05, 3.63) is 29.3 Å². The second kappa shape index (κ2) is 8.37. The zero-order chi connectivity index (χ0) is 15.1. The molecule has 118 valence electrons. The molecule has 1 atom stereocenters. The van der Waals surface area contributed by atoms with Crippen LogP contribution >= 0.6 is 0 Å². The van der Waals surface area contributed by atoms with Crippen LogP contribution in [0.15, 0.2) is 18.2 Å². The molecule has 0 fully saturated rings. The van der Waals surface area contributed by atoms with Crippen molar-refractivity contribution in [3.8, 4) is 5.75 Å². The average Bonchev–Trinajstić information content (AvgIpc) is 2.91. The molecule has 21 heavy (non-hydrogen) atoms. The Kier molecular flexibility index (Phi) is 6.49. The van der Waals surface area contributed by atoms with Gasteiger partial charge >= 0.3 is 0 Å². The minimum atomic E-state index is 0.369. The predicted molar refractivity (Wildman–Crippen MR) is 83.7 cm³/mol. The Bertz CT molecular complexity index is 426. The van der Waals surface area contributed by atoms with Gasteiger partial charge in [0.25, 0.3) is 0 Å². The molecule has 1 N–H and O–H groups in total. The van der Waals surface area contributed by atoms with Gasteiger partial charge in [-0.2, -0.15) is 0 Å². The standard InChI is InChI=1S/C17H27NO3/c1-3-20-12-10-18(11-13-21-4-2)16-9-8-15-14(16)6-5-7-17(15)19/h5-7,16,19H,3-4,8-13H2,1-2H3. The fourth-order valence-corrected chi connectivity index (χ4v) is 3.07. The number of hydrogen-bond acceptors (Lipinski definition) is 4. The van der Waals surface area contributed by atoms with E-state index in [1.807, 2.05) is 19.9 Å². The second-order valence-electron chi connectivity index (χ2n) is 5.33. The molecule has 0 aromatic heterocycles. The molecule has 2 rings (SSSR count). The number of ether oxygens (including phenoxy) is 2. The number of aromatic hydroxyl groups is 1. The predicted octanol–water partition coefficient (Wildman–Crippen LogP) is 2.75. The summed E-state index contributed by atoms with van der Waals surface area (Å²) < 4.78 is 11.0. The Morgan fingerprint density at radius 3 is 2.43 bits per heavy atom. The van der Waals surface area contributed by atoms with Crippen molar-refractivity contribution in [1.82, 2.24) is 4.90 Å². The van der Waals surface area contributed by atoms with E-state index in [-0.39, 0.29) is 0 Å². The zero-order valence-electron chi connectivity index (χ0n) is 13.2. The van der Waals surface area contributed by atoms with Crippen LogP contribution in [-0.2, 0) is 15.9 Å². The molecule has 0 radical (unpaired) electrons. The highest BCUT2D eigenvalue weighted by atomic mass is 16.5.